The van der Waals surface area contributed by atoms with Gasteiger partial charge < -0.3 is 0 Å². The second kappa shape index (κ2) is 30.6. The molecule has 0 N–H and O–H groups in total. The minimum Gasteiger partial charge on any atom is -0.207 e. The highest BCUT2D eigenvalue weighted by Crippen LogP contribution is 2.20. The molecule has 0 saturated heterocycles. The quantitative estimate of drug-likeness (QED) is 0.0370. The fourth-order valence-corrected chi connectivity index (χ4v) is 8.30. The molecule has 0 fully saturated rings. The third kappa shape index (κ3) is 18.7. The van der Waals surface area contributed by atoms with Gasteiger partial charge in [0.25, 0.3) is 0 Å². The van der Waals surface area contributed by atoms with Gasteiger partial charge in [0.05, 0.1) is 5.56 Å². The van der Waals surface area contributed by atoms with Crippen LogP contribution in [0.2, 0.25) is 0 Å². The molecule has 6 rings (SSSR count). The van der Waals surface area contributed by atoms with Gasteiger partial charge in [0.2, 0.25) is 0 Å². The van der Waals surface area contributed by atoms with Gasteiger partial charge in [0.1, 0.15) is 23.3 Å². The Balaban J connectivity index is 0.000000261. The van der Waals surface area contributed by atoms with Gasteiger partial charge >= 0.3 is 0 Å². The van der Waals surface area contributed by atoms with Crippen LogP contribution in [0, 0.1) is 74.2 Å². The summed E-state index contributed by atoms with van der Waals surface area (Å²) in [6, 6.07) is 34.3. The Bertz CT molecular complexity index is 2880. The fourth-order valence-electron chi connectivity index (χ4n) is 7.66. The van der Waals surface area contributed by atoms with Crippen LogP contribution in [0.4, 0.5) is 17.6 Å². The average molecular weight is 1050 g/mol. The van der Waals surface area contributed by atoms with Crippen LogP contribution in [0.1, 0.15) is 178 Å². The second-order valence-corrected chi connectivity index (χ2v) is 18.8. The Hall–Kier alpha value is -5.99. The molecule has 0 unspecified atom stereocenters. The van der Waals surface area contributed by atoms with Crippen molar-refractivity contribution in [3.05, 3.63) is 209 Å². The van der Waals surface area contributed by atoms with Gasteiger partial charge in [0.15, 0.2) is 0 Å². The predicted molar refractivity (Wildman–Crippen MR) is 293 cm³/mol. The maximum Gasteiger partial charge on any atom is 0.127 e. The highest BCUT2D eigenvalue weighted by atomic mass is 127. The molecule has 0 saturated carbocycles. The highest BCUT2D eigenvalue weighted by Gasteiger charge is 2.08. The van der Waals surface area contributed by atoms with E-state index in [4.69, 9.17) is 0 Å². The van der Waals surface area contributed by atoms with Crippen molar-refractivity contribution in [1.29, 1.82) is 0 Å². The van der Waals surface area contributed by atoms with E-state index in [0.717, 1.165) is 125 Å². The molecular weight excluding hydrogens is 984 g/mol. The molecule has 360 valence electrons. The topological polar surface area (TPSA) is 0 Å². The highest BCUT2D eigenvalue weighted by molar-refractivity contribution is 14.1. The smallest absolute Gasteiger partial charge is 0.127 e. The van der Waals surface area contributed by atoms with E-state index in [-0.39, 0.29) is 23.3 Å². The molecule has 70 heavy (non-hydrogen) atoms. The van der Waals surface area contributed by atoms with Gasteiger partial charge in [-0.1, -0.05) is 163 Å². The summed E-state index contributed by atoms with van der Waals surface area (Å²) >= 11 is 2.24. The summed E-state index contributed by atoms with van der Waals surface area (Å²) < 4.78 is 58.6. The summed E-state index contributed by atoms with van der Waals surface area (Å²) in [5.41, 5.74) is 8.85. The van der Waals surface area contributed by atoms with Crippen molar-refractivity contribution in [2.75, 3.05) is 0 Å². The fraction of sp³-hybridized carbons (Fsp3) is 0.323. The summed E-state index contributed by atoms with van der Waals surface area (Å²) in [7, 11) is 0. The minimum atomic E-state index is -0.204. The summed E-state index contributed by atoms with van der Waals surface area (Å²) in [5, 5.41) is 0. The standard InChI is InChI=1S/C33H33F2I.C32H32F2/c1-3-5-7-8-9-12-29-21-16-25(23-32(29)35)15-19-27-13-10-14-33(36)30(27)22-18-26-17-20-28(11-6-4-2)31(34)24-26;1-3-5-7-8-10-30-22-20-28(24-32(30)34)18-16-26-13-11-25(12-14-26)15-17-27-19-21-29(9-6-4-2)31(33)23-27/h10,13-14,16-17,20-21,23-24H,3-9,11-12H2,1-2H3;11-14,19-24H,3-10H2,1-2H3. The molecule has 6 aromatic carbocycles. The van der Waals surface area contributed by atoms with Crippen LogP contribution in [0.3, 0.4) is 0 Å². The van der Waals surface area contributed by atoms with E-state index in [2.05, 4.69) is 97.6 Å². The zero-order chi connectivity index (χ0) is 49.9. The van der Waals surface area contributed by atoms with Crippen molar-refractivity contribution in [1.82, 2.24) is 0 Å². The number of hydrogen-bond donors (Lipinski definition) is 0. The van der Waals surface area contributed by atoms with Crippen molar-refractivity contribution < 1.29 is 17.6 Å². The first-order valence-corrected chi connectivity index (χ1v) is 26.3. The van der Waals surface area contributed by atoms with Crippen molar-refractivity contribution in [3.63, 3.8) is 0 Å². The van der Waals surface area contributed by atoms with Crippen molar-refractivity contribution in [2.24, 2.45) is 0 Å². The summed E-state index contributed by atoms with van der Waals surface area (Å²) in [6.07, 6.45) is 17.4. The van der Waals surface area contributed by atoms with Crippen LogP contribution < -0.4 is 0 Å². The largest absolute Gasteiger partial charge is 0.207 e. The number of benzene rings is 6. The Morgan fingerprint density at radius 3 is 1.03 bits per heavy atom. The average Bonchev–Trinajstić information content (AvgIpc) is 3.36. The molecule has 0 spiro atoms. The monoisotopic (exact) mass is 1050 g/mol. The number of aryl methyl sites for hydroxylation is 4. The molecule has 0 amide bonds. The molecule has 6 aromatic rings. The lowest BCUT2D eigenvalue weighted by molar-refractivity contribution is 0.587. The van der Waals surface area contributed by atoms with Crippen molar-refractivity contribution in [2.45, 2.75) is 137 Å². The van der Waals surface area contributed by atoms with Crippen molar-refractivity contribution in [3.8, 4) is 47.4 Å². The van der Waals surface area contributed by atoms with E-state index in [9.17, 15) is 17.6 Å². The Morgan fingerprint density at radius 1 is 0.329 bits per heavy atom. The maximum absolute atomic E-state index is 14.6. The van der Waals surface area contributed by atoms with E-state index in [1.54, 1.807) is 0 Å². The molecule has 0 aromatic heterocycles. The van der Waals surface area contributed by atoms with Crippen LogP contribution in [0.5, 0.6) is 0 Å². The van der Waals surface area contributed by atoms with Gasteiger partial charge in [0, 0.05) is 42.5 Å². The maximum atomic E-state index is 14.6. The zero-order valence-corrected chi connectivity index (χ0v) is 43.5. The lowest BCUT2D eigenvalue weighted by Gasteiger charge is -2.04. The van der Waals surface area contributed by atoms with E-state index in [1.165, 1.54) is 56.4 Å². The Labute approximate surface area is 430 Å². The molecular formula is C65H65F4I. The first kappa shape index (κ1) is 54.9. The first-order valence-electron chi connectivity index (χ1n) is 25.2. The van der Waals surface area contributed by atoms with E-state index >= 15 is 0 Å². The lowest BCUT2D eigenvalue weighted by Crippen LogP contribution is -1.93. The van der Waals surface area contributed by atoms with Crippen LogP contribution in [0.25, 0.3) is 0 Å². The molecule has 0 aliphatic carbocycles. The van der Waals surface area contributed by atoms with Crippen LogP contribution in [-0.2, 0) is 25.7 Å². The molecule has 0 radical (unpaired) electrons. The molecule has 0 nitrogen and oxygen atoms in total. The van der Waals surface area contributed by atoms with E-state index < -0.39 is 0 Å². The van der Waals surface area contributed by atoms with E-state index in [0.29, 0.717) is 22.3 Å². The molecule has 0 heterocycles. The predicted octanol–water partition coefficient (Wildman–Crippen LogP) is 17.5. The van der Waals surface area contributed by atoms with Gasteiger partial charge in [-0.05, 0) is 181 Å². The van der Waals surface area contributed by atoms with Gasteiger partial charge in [-0.3, -0.25) is 0 Å². The van der Waals surface area contributed by atoms with Gasteiger partial charge in [-0.25, -0.2) is 17.6 Å². The lowest BCUT2D eigenvalue weighted by atomic mass is 10.0. The Kier molecular flexibility index (Phi) is 24.0. The molecule has 0 atom stereocenters. The normalized spacial score (nSPS) is 10.3. The summed E-state index contributed by atoms with van der Waals surface area (Å²) in [4.78, 5) is 0. The number of unbranched alkanes of at least 4 members (excludes halogenated alkanes) is 9. The van der Waals surface area contributed by atoms with Crippen LogP contribution >= 0.6 is 22.6 Å². The van der Waals surface area contributed by atoms with Gasteiger partial charge in [-0.15, -0.1) is 0 Å². The Morgan fingerprint density at radius 2 is 0.643 bits per heavy atom. The SMILES string of the molecule is CCCCCCCc1ccc(C#Cc2cccc(I)c2C#Cc2ccc(CCCC)c(F)c2)cc1F.CCCCCCc1ccc(C#Cc2ccc(C#Cc3ccc(CCCC)c(F)c3)cc2)cc1F. The molecule has 0 aliphatic heterocycles. The number of halogens is 5. The van der Waals surface area contributed by atoms with Crippen LogP contribution in [-0.4, -0.2) is 0 Å². The molecule has 5 heteroatoms. The first-order chi connectivity index (χ1) is 34.1. The minimum absolute atomic E-state index is 0.177. The molecule has 0 aliphatic rings. The number of rotatable bonds is 17. The summed E-state index contributed by atoms with van der Waals surface area (Å²) in [5.74, 6) is 24.0. The number of hydrogen-bond acceptors (Lipinski definition) is 0. The van der Waals surface area contributed by atoms with E-state index in [1.807, 2.05) is 91.0 Å². The van der Waals surface area contributed by atoms with Gasteiger partial charge in [-0.2, -0.15) is 0 Å². The second-order valence-electron chi connectivity index (χ2n) is 17.6. The zero-order valence-electron chi connectivity index (χ0n) is 41.4. The third-order valence-corrected chi connectivity index (χ3v) is 12.8. The third-order valence-electron chi connectivity index (χ3n) is 11.9. The van der Waals surface area contributed by atoms with Crippen molar-refractivity contribution >= 4 is 22.6 Å². The van der Waals surface area contributed by atoms with Crippen LogP contribution in [0.15, 0.2) is 115 Å². The molecule has 0 bridgehead atoms. The summed E-state index contributed by atoms with van der Waals surface area (Å²) in [6.45, 7) is 8.56.